The Morgan fingerprint density at radius 3 is 2.00 bits per heavy atom. The number of nitrogens with zero attached hydrogens (tertiary/aromatic N) is 3. The number of hydrogen-bond acceptors (Lipinski definition) is 5. The molecule has 1 heterocycles. The summed E-state index contributed by atoms with van der Waals surface area (Å²) in [5.74, 6) is 0.00899. The highest BCUT2D eigenvalue weighted by molar-refractivity contribution is 6.34. The van der Waals surface area contributed by atoms with Gasteiger partial charge >= 0.3 is 0 Å². The number of phenolic OH excluding ortho intramolecular Hbond substituents is 1. The van der Waals surface area contributed by atoms with Crippen molar-refractivity contribution in [3.8, 4) is 5.75 Å². The minimum atomic E-state index is -0.168. The normalized spacial score (nSPS) is 21.6. The third-order valence-corrected chi connectivity index (χ3v) is 9.23. The van der Waals surface area contributed by atoms with Crippen LogP contribution in [0.1, 0.15) is 135 Å². The first-order chi connectivity index (χ1) is 19.5. The molecule has 2 aromatic rings. The molecule has 0 aliphatic heterocycles. The van der Waals surface area contributed by atoms with Crippen LogP contribution in [0.4, 0.5) is 5.69 Å². The summed E-state index contributed by atoms with van der Waals surface area (Å²) in [5.41, 5.74) is 3.84. The molecule has 0 saturated heterocycles. The van der Waals surface area contributed by atoms with Crippen molar-refractivity contribution in [2.75, 3.05) is 32.2 Å². The number of unbranched alkanes of at least 4 members (excludes halogenated alkanes) is 4. The second kappa shape index (κ2) is 15.1. The SMILES string of the molecule is CCCCCC(C)n1cc(C2C(OC)C(c3ccc(N(CCCC)CCCC)c(Cl)c3O)C2OC)c(C(C)(C)C)n1. The first-order valence-electron chi connectivity index (χ1n) is 16.0. The highest BCUT2D eigenvalue weighted by Crippen LogP contribution is 2.56. The third kappa shape index (κ3) is 7.43. The summed E-state index contributed by atoms with van der Waals surface area (Å²) in [4.78, 5) is 2.32. The van der Waals surface area contributed by atoms with E-state index in [1.807, 2.05) is 6.07 Å². The molecule has 232 valence electrons. The van der Waals surface area contributed by atoms with E-state index in [2.05, 4.69) is 70.3 Å². The van der Waals surface area contributed by atoms with Gasteiger partial charge in [-0.15, -0.1) is 0 Å². The summed E-state index contributed by atoms with van der Waals surface area (Å²) >= 11 is 6.90. The summed E-state index contributed by atoms with van der Waals surface area (Å²) in [6.45, 7) is 17.4. The largest absolute Gasteiger partial charge is 0.506 e. The van der Waals surface area contributed by atoms with Crippen LogP contribution in [0.15, 0.2) is 18.3 Å². The molecule has 0 bridgehead atoms. The Kier molecular flexibility index (Phi) is 12.4. The summed E-state index contributed by atoms with van der Waals surface area (Å²) in [7, 11) is 3.52. The molecular weight excluding hydrogens is 534 g/mol. The monoisotopic (exact) mass is 589 g/mol. The highest BCUT2D eigenvalue weighted by Gasteiger charge is 2.55. The van der Waals surface area contributed by atoms with E-state index in [0.717, 1.165) is 62.1 Å². The lowest BCUT2D eigenvalue weighted by molar-refractivity contribution is -0.116. The number of aromatic hydroxyl groups is 1. The standard InChI is InChI=1S/C34H56ClN3O3/c1-10-13-16-17-23(4)38-22-25(33(36-38)34(5,6)7)28-31(40-8)27(32(28)41-9)24-18-19-26(29(35)30(24)39)37(20-14-11-2)21-15-12-3/h18-19,22-23,27-28,31-32,39H,10-17,20-21H2,1-9H3. The lowest BCUT2D eigenvalue weighted by Gasteiger charge is -2.51. The van der Waals surface area contributed by atoms with E-state index in [0.29, 0.717) is 11.1 Å². The van der Waals surface area contributed by atoms with Crippen molar-refractivity contribution in [3.05, 3.63) is 40.2 Å². The van der Waals surface area contributed by atoms with Gasteiger partial charge in [0.25, 0.3) is 0 Å². The van der Waals surface area contributed by atoms with E-state index in [4.69, 9.17) is 26.2 Å². The lowest BCUT2D eigenvalue weighted by Crippen LogP contribution is -2.54. The Morgan fingerprint density at radius 1 is 0.927 bits per heavy atom. The van der Waals surface area contributed by atoms with Crippen molar-refractivity contribution in [2.45, 2.75) is 135 Å². The molecule has 1 aromatic heterocycles. The zero-order chi connectivity index (χ0) is 30.3. The van der Waals surface area contributed by atoms with E-state index >= 15 is 0 Å². The average Bonchev–Trinajstić information content (AvgIpc) is 3.37. The van der Waals surface area contributed by atoms with Gasteiger partial charge in [-0.05, 0) is 32.3 Å². The Labute approximate surface area is 254 Å². The van der Waals surface area contributed by atoms with Gasteiger partial charge in [-0.3, -0.25) is 4.68 Å². The number of rotatable bonds is 16. The first-order valence-corrected chi connectivity index (χ1v) is 16.3. The van der Waals surface area contributed by atoms with Gasteiger partial charge in [0.2, 0.25) is 0 Å². The Morgan fingerprint density at radius 2 is 1.49 bits per heavy atom. The van der Waals surface area contributed by atoms with Gasteiger partial charge in [0.1, 0.15) is 10.8 Å². The Balaban J connectivity index is 1.97. The highest BCUT2D eigenvalue weighted by atomic mass is 35.5. The summed E-state index contributed by atoms with van der Waals surface area (Å²) < 4.78 is 14.5. The number of halogens is 1. The van der Waals surface area contributed by atoms with Crippen LogP contribution in [0, 0.1) is 0 Å². The number of methoxy groups -OCH3 is 2. The zero-order valence-electron chi connectivity index (χ0n) is 27.2. The molecule has 1 aliphatic rings. The summed E-state index contributed by atoms with van der Waals surface area (Å²) in [6.07, 6.45) is 11.1. The molecule has 3 atom stereocenters. The van der Waals surface area contributed by atoms with Crippen LogP contribution >= 0.6 is 11.6 Å². The third-order valence-electron chi connectivity index (χ3n) is 8.86. The summed E-state index contributed by atoms with van der Waals surface area (Å²) in [6, 6.07) is 4.43. The van der Waals surface area contributed by atoms with Gasteiger partial charge in [0, 0.05) is 67.9 Å². The molecule has 1 aliphatic carbocycles. The number of anilines is 1. The van der Waals surface area contributed by atoms with Crippen LogP contribution in [0.5, 0.6) is 5.75 Å². The molecule has 0 radical (unpaired) electrons. The molecule has 3 unspecified atom stereocenters. The number of benzene rings is 1. The van der Waals surface area contributed by atoms with Gasteiger partial charge < -0.3 is 19.5 Å². The van der Waals surface area contributed by atoms with Crippen LogP contribution in [0.3, 0.4) is 0 Å². The van der Waals surface area contributed by atoms with Crippen LogP contribution in [-0.2, 0) is 14.9 Å². The molecule has 6 nitrogen and oxygen atoms in total. The van der Waals surface area contributed by atoms with Crippen LogP contribution in [-0.4, -0.2) is 54.4 Å². The molecule has 0 spiro atoms. The molecule has 1 N–H and O–H groups in total. The van der Waals surface area contributed by atoms with Crippen molar-refractivity contribution in [1.82, 2.24) is 9.78 Å². The van der Waals surface area contributed by atoms with Gasteiger partial charge in [0.05, 0.1) is 23.6 Å². The van der Waals surface area contributed by atoms with Crippen LogP contribution < -0.4 is 4.90 Å². The molecular formula is C34H56ClN3O3. The topological polar surface area (TPSA) is 59.8 Å². The molecule has 1 saturated carbocycles. The maximum absolute atomic E-state index is 11.5. The van der Waals surface area contributed by atoms with E-state index in [-0.39, 0.29) is 35.2 Å². The fourth-order valence-electron chi connectivity index (χ4n) is 6.38. The molecule has 1 aromatic carbocycles. The summed E-state index contributed by atoms with van der Waals surface area (Å²) in [5, 5.41) is 17.0. The Bertz CT molecular complexity index is 1080. The average molecular weight is 590 g/mol. The minimum absolute atomic E-state index is 0.00396. The molecule has 0 amide bonds. The predicted molar refractivity (Wildman–Crippen MR) is 172 cm³/mol. The van der Waals surface area contributed by atoms with Crippen molar-refractivity contribution >= 4 is 17.3 Å². The first kappa shape index (κ1) is 33.7. The number of ether oxygens (including phenoxy) is 2. The van der Waals surface area contributed by atoms with Crippen LogP contribution in [0.25, 0.3) is 0 Å². The predicted octanol–water partition coefficient (Wildman–Crippen LogP) is 9.00. The number of aromatic nitrogens is 2. The van der Waals surface area contributed by atoms with Crippen molar-refractivity contribution < 1.29 is 14.6 Å². The van der Waals surface area contributed by atoms with Gasteiger partial charge in [-0.25, -0.2) is 0 Å². The van der Waals surface area contributed by atoms with Gasteiger partial charge in [-0.2, -0.15) is 5.10 Å². The molecule has 1 fully saturated rings. The lowest BCUT2D eigenvalue weighted by atomic mass is 9.62. The fraction of sp³-hybridized carbons (Fsp3) is 0.735. The number of hydrogen-bond donors (Lipinski definition) is 1. The van der Waals surface area contributed by atoms with Crippen molar-refractivity contribution in [2.24, 2.45) is 0 Å². The molecule has 3 rings (SSSR count). The van der Waals surface area contributed by atoms with E-state index < -0.39 is 0 Å². The maximum Gasteiger partial charge on any atom is 0.139 e. The van der Waals surface area contributed by atoms with Gasteiger partial charge in [0.15, 0.2) is 0 Å². The van der Waals surface area contributed by atoms with Crippen LogP contribution in [0.2, 0.25) is 5.02 Å². The second-order valence-electron chi connectivity index (χ2n) is 13.0. The zero-order valence-corrected chi connectivity index (χ0v) is 27.9. The van der Waals surface area contributed by atoms with E-state index in [1.165, 1.54) is 24.8 Å². The Hall–Kier alpha value is -1.76. The van der Waals surface area contributed by atoms with E-state index in [9.17, 15) is 5.11 Å². The van der Waals surface area contributed by atoms with E-state index in [1.54, 1.807) is 14.2 Å². The fourth-order valence-corrected chi connectivity index (χ4v) is 6.67. The van der Waals surface area contributed by atoms with Gasteiger partial charge in [-0.1, -0.05) is 91.3 Å². The maximum atomic E-state index is 11.5. The molecule has 41 heavy (non-hydrogen) atoms. The number of phenols is 1. The quantitative estimate of drug-likeness (QED) is 0.198. The van der Waals surface area contributed by atoms with Crippen molar-refractivity contribution in [1.29, 1.82) is 0 Å². The van der Waals surface area contributed by atoms with Crippen molar-refractivity contribution in [3.63, 3.8) is 0 Å². The molecule has 7 heteroatoms. The smallest absolute Gasteiger partial charge is 0.139 e. The second-order valence-corrected chi connectivity index (χ2v) is 13.4. The minimum Gasteiger partial charge on any atom is -0.506 e.